The summed E-state index contributed by atoms with van der Waals surface area (Å²) in [6.45, 7) is 4.56. The number of thioether (sulfide) groups is 1. The lowest BCUT2D eigenvalue weighted by molar-refractivity contribution is -0.118. The number of nitrogens with zero attached hydrogens (tertiary/aromatic N) is 2. The Morgan fingerprint density at radius 1 is 1.36 bits per heavy atom. The van der Waals surface area contributed by atoms with Gasteiger partial charge in [-0.25, -0.2) is 4.98 Å². The molecule has 1 aromatic heterocycles. The fraction of sp³-hybridized carbons (Fsp3) is 0.375. The number of benzene rings is 1. The first-order valence-corrected chi connectivity index (χ1v) is 8.24. The number of hydrogen-bond donors (Lipinski definition) is 2. The van der Waals surface area contributed by atoms with Crippen LogP contribution in [0.3, 0.4) is 0 Å². The third-order valence-corrected chi connectivity index (χ3v) is 4.18. The molecular weight excluding hydrogens is 298 g/mol. The molecule has 1 aromatic carbocycles. The molecule has 0 aliphatic carbocycles. The molecule has 2 aromatic rings. The van der Waals surface area contributed by atoms with Crippen molar-refractivity contribution in [2.75, 3.05) is 18.9 Å². The van der Waals surface area contributed by atoms with Crippen LogP contribution in [-0.4, -0.2) is 39.5 Å². The first-order chi connectivity index (χ1) is 10.6. The summed E-state index contributed by atoms with van der Waals surface area (Å²) in [5.74, 6) is 0.672. The van der Waals surface area contributed by atoms with Gasteiger partial charge >= 0.3 is 0 Å². The summed E-state index contributed by atoms with van der Waals surface area (Å²) >= 11 is 1.38. The Bertz CT molecular complexity index is 608. The lowest BCUT2D eigenvalue weighted by Gasteiger charge is -2.10. The zero-order valence-electron chi connectivity index (χ0n) is 12.8. The minimum Gasteiger partial charge on any atom is -0.395 e. The number of imidazole rings is 1. The molecule has 5 nitrogen and oxygen atoms in total. The normalized spacial score (nSPS) is 10.9. The van der Waals surface area contributed by atoms with Crippen LogP contribution in [0.15, 0.2) is 41.8 Å². The van der Waals surface area contributed by atoms with E-state index in [4.69, 9.17) is 5.11 Å². The van der Waals surface area contributed by atoms with Gasteiger partial charge < -0.3 is 10.4 Å². The van der Waals surface area contributed by atoms with E-state index < -0.39 is 0 Å². The lowest BCUT2D eigenvalue weighted by atomic mass is 10.0. The molecular formula is C16H21N3O2S. The fourth-order valence-corrected chi connectivity index (χ4v) is 2.79. The van der Waals surface area contributed by atoms with Crippen molar-refractivity contribution in [3.8, 4) is 5.69 Å². The number of carbonyl (C=O) groups is 1. The molecule has 118 valence electrons. The maximum absolute atomic E-state index is 11.6. The number of aromatic nitrogens is 2. The van der Waals surface area contributed by atoms with E-state index in [2.05, 4.69) is 48.4 Å². The van der Waals surface area contributed by atoms with Crippen molar-refractivity contribution >= 4 is 17.7 Å². The second kappa shape index (κ2) is 8.00. The van der Waals surface area contributed by atoms with Crippen LogP contribution in [0.1, 0.15) is 25.3 Å². The molecule has 1 amide bonds. The maximum atomic E-state index is 11.6. The van der Waals surface area contributed by atoms with Crippen molar-refractivity contribution in [3.63, 3.8) is 0 Å². The molecule has 2 rings (SSSR count). The van der Waals surface area contributed by atoms with Crippen LogP contribution in [-0.2, 0) is 4.79 Å². The Labute approximate surface area is 134 Å². The van der Waals surface area contributed by atoms with Crippen molar-refractivity contribution in [3.05, 3.63) is 42.2 Å². The molecule has 1 heterocycles. The van der Waals surface area contributed by atoms with Crippen molar-refractivity contribution in [1.82, 2.24) is 14.9 Å². The van der Waals surface area contributed by atoms with Gasteiger partial charge in [0, 0.05) is 24.6 Å². The van der Waals surface area contributed by atoms with E-state index >= 15 is 0 Å². The summed E-state index contributed by atoms with van der Waals surface area (Å²) in [7, 11) is 0. The molecule has 6 heteroatoms. The summed E-state index contributed by atoms with van der Waals surface area (Å²) < 4.78 is 1.97. The Kier molecular flexibility index (Phi) is 6.03. The van der Waals surface area contributed by atoms with Crippen molar-refractivity contribution in [2.24, 2.45) is 0 Å². The van der Waals surface area contributed by atoms with E-state index in [0.29, 0.717) is 5.92 Å². The van der Waals surface area contributed by atoms with Gasteiger partial charge in [0.2, 0.25) is 5.91 Å². The molecule has 0 saturated carbocycles. The second-order valence-corrected chi connectivity index (χ2v) is 6.13. The molecule has 0 unspecified atom stereocenters. The van der Waals surface area contributed by atoms with Crippen molar-refractivity contribution in [1.29, 1.82) is 0 Å². The maximum Gasteiger partial charge on any atom is 0.230 e. The van der Waals surface area contributed by atoms with Crippen LogP contribution >= 0.6 is 11.8 Å². The number of carbonyl (C=O) groups excluding carboxylic acids is 1. The quantitative estimate of drug-likeness (QED) is 0.768. The third kappa shape index (κ3) is 4.35. The first-order valence-electron chi connectivity index (χ1n) is 7.26. The number of nitrogens with one attached hydrogen (secondary N) is 1. The molecule has 0 spiro atoms. The van der Waals surface area contributed by atoms with Gasteiger partial charge in [-0.3, -0.25) is 9.36 Å². The van der Waals surface area contributed by atoms with Crippen LogP contribution in [0.2, 0.25) is 0 Å². The van der Waals surface area contributed by atoms with E-state index in [-0.39, 0.29) is 24.8 Å². The standard InChI is InChI=1S/C16H21N3O2S/c1-12(2)13-3-5-14(6-4-13)19-9-7-18-16(19)22-11-15(21)17-8-10-20/h3-7,9,12,20H,8,10-11H2,1-2H3,(H,17,21). The fourth-order valence-electron chi connectivity index (χ4n) is 1.99. The molecule has 2 N–H and O–H groups in total. The highest BCUT2D eigenvalue weighted by Crippen LogP contribution is 2.22. The number of hydrogen-bond acceptors (Lipinski definition) is 4. The van der Waals surface area contributed by atoms with Crippen LogP contribution in [0.25, 0.3) is 5.69 Å². The molecule has 0 aliphatic rings. The van der Waals surface area contributed by atoms with Crippen molar-refractivity contribution in [2.45, 2.75) is 24.9 Å². The number of amides is 1. The summed E-state index contributed by atoms with van der Waals surface area (Å²) in [6, 6.07) is 8.35. The second-order valence-electron chi connectivity index (χ2n) is 5.19. The number of aliphatic hydroxyl groups is 1. The summed E-state index contributed by atoms with van der Waals surface area (Å²) in [5, 5.41) is 12.1. The van der Waals surface area contributed by atoms with Gasteiger partial charge in [-0.05, 0) is 23.6 Å². The highest BCUT2D eigenvalue weighted by atomic mass is 32.2. The van der Waals surface area contributed by atoms with Gasteiger partial charge in [0.15, 0.2) is 5.16 Å². The summed E-state index contributed by atoms with van der Waals surface area (Å²) in [6.07, 6.45) is 3.61. The van der Waals surface area contributed by atoms with Gasteiger partial charge in [-0.1, -0.05) is 37.7 Å². The number of aliphatic hydroxyl groups excluding tert-OH is 1. The van der Waals surface area contributed by atoms with E-state index in [1.54, 1.807) is 6.20 Å². The molecule has 0 fully saturated rings. The Morgan fingerprint density at radius 2 is 2.09 bits per heavy atom. The van der Waals surface area contributed by atoms with Gasteiger partial charge in [-0.2, -0.15) is 0 Å². The average molecular weight is 319 g/mol. The average Bonchev–Trinajstić information content (AvgIpc) is 2.99. The van der Waals surface area contributed by atoms with Gasteiger partial charge in [0.25, 0.3) is 0 Å². The SMILES string of the molecule is CC(C)c1ccc(-n2ccnc2SCC(=O)NCCO)cc1. The highest BCUT2D eigenvalue weighted by molar-refractivity contribution is 7.99. The number of rotatable bonds is 7. The Balaban J connectivity index is 2.04. The van der Waals surface area contributed by atoms with Crippen LogP contribution in [0.4, 0.5) is 0 Å². The summed E-state index contributed by atoms with van der Waals surface area (Å²) in [5.41, 5.74) is 2.32. The lowest BCUT2D eigenvalue weighted by Crippen LogP contribution is -2.28. The monoisotopic (exact) mass is 319 g/mol. The minimum atomic E-state index is -0.108. The van der Waals surface area contributed by atoms with E-state index in [0.717, 1.165) is 10.8 Å². The van der Waals surface area contributed by atoms with Gasteiger partial charge in [-0.15, -0.1) is 0 Å². The van der Waals surface area contributed by atoms with Gasteiger partial charge in [0.05, 0.1) is 12.4 Å². The molecule has 0 saturated heterocycles. The molecule has 0 bridgehead atoms. The van der Waals surface area contributed by atoms with Gasteiger partial charge in [0.1, 0.15) is 0 Å². The molecule has 22 heavy (non-hydrogen) atoms. The summed E-state index contributed by atoms with van der Waals surface area (Å²) in [4.78, 5) is 15.9. The van der Waals surface area contributed by atoms with E-state index in [1.165, 1.54) is 17.3 Å². The largest absolute Gasteiger partial charge is 0.395 e. The highest BCUT2D eigenvalue weighted by Gasteiger charge is 2.09. The van der Waals surface area contributed by atoms with Crippen LogP contribution in [0, 0.1) is 0 Å². The molecule has 0 atom stereocenters. The molecule has 0 radical (unpaired) electrons. The van der Waals surface area contributed by atoms with Crippen LogP contribution in [0.5, 0.6) is 0 Å². The third-order valence-electron chi connectivity index (χ3n) is 3.21. The zero-order valence-corrected chi connectivity index (χ0v) is 13.6. The Hall–Kier alpha value is -1.79. The zero-order chi connectivity index (χ0) is 15.9. The molecule has 0 aliphatic heterocycles. The first kappa shape index (κ1) is 16.6. The van der Waals surface area contributed by atoms with Crippen LogP contribution < -0.4 is 5.32 Å². The predicted molar refractivity (Wildman–Crippen MR) is 88.5 cm³/mol. The topological polar surface area (TPSA) is 67.2 Å². The smallest absolute Gasteiger partial charge is 0.230 e. The van der Waals surface area contributed by atoms with E-state index in [9.17, 15) is 4.79 Å². The van der Waals surface area contributed by atoms with Crippen molar-refractivity contribution < 1.29 is 9.90 Å². The predicted octanol–water partition coefficient (Wildman–Crippen LogP) is 2.20. The van der Waals surface area contributed by atoms with E-state index in [1.807, 2.05) is 10.8 Å². The Morgan fingerprint density at radius 3 is 2.73 bits per heavy atom. The minimum absolute atomic E-state index is 0.0484.